The molecule has 1 aliphatic rings. The summed E-state index contributed by atoms with van der Waals surface area (Å²) in [4.78, 5) is 148. The number of benzene rings is 2. The summed E-state index contributed by atoms with van der Waals surface area (Å²) in [5.41, 5.74) is 30.0. The van der Waals surface area contributed by atoms with Crippen LogP contribution in [0.4, 0.5) is 0 Å². The predicted octanol–water partition coefficient (Wildman–Crippen LogP) is -3.43. The second-order valence-corrected chi connectivity index (χ2v) is 18.8. The number of aromatic amines is 1. The predicted molar refractivity (Wildman–Crippen MR) is 290 cm³/mol. The van der Waals surface area contributed by atoms with E-state index in [0.717, 1.165) is 16.5 Å². The molecule has 1 saturated heterocycles. The first-order valence-electron chi connectivity index (χ1n) is 25.8. The largest absolute Gasteiger partial charge is 0.370 e. The molecule has 1 aromatic heterocycles. The van der Waals surface area contributed by atoms with Crippen LogP contribution in [-0.4, -0.2) is 144 Å². The van der Waals surface area contributed by atoms with Crippen molar-refractivity contribution in [2.24, 2.45) is 38.7 Å². The van der Waals surface area contributed by atoms with Crippen LogP contribution >= 0.6 is 0 Å². The molecule has 78 heavy (non-hydrogen) atoms. The number of nitrogens with two attached hydrogens (primary N) is 5. The first-order chi connectivity index (χ1) is 37.2. The Morgan fingerprint density at radius 1 is 0.667 bits per heavy atom. The van der Waals surface area contributed by atoms with Crippen molar-refractivity contribution < 1.29 is 47.9 Å². The third-order valence-corrected chi connectivity index (χ3v) is 12.5. The molecule has 4 rings (SSSR count). The van der Waals surface area contributed by atoms with Crippen LogP contribution < -0.4 is 76.5 Å². The lowest BCUT2D eigenvalue weighted by Crippen LogP contribution is -2.60. The Hall–Kier alpha value is -8.78. The van der Waals surface area contributed by atoms with Crippen molar-refractivity contribution in [2.45, 2.75) is 133 Å². The molecule has 1 aliphatic heterocycles. The fraction of sp³-hybridized carbons (Fsp3) is 0.490. The van der Waals surface area contributed by atoms with E-state index in [0.29, 0.717) is 5.56 Å². The lowest BCUT2D eigenvalue weighted by atomic mass is 10.0. The maximum atomic E-state index is 14.7. The maximum Gasteiger partial charge on any atom is 0.243 e. The molecular weight excluding hydrogens is 1010 g/mol. The molecule has 1 fully saturated rings. The van der Waals surface area contributed by atoms with Gasteiger partial charge in [-0.15, -0.1) is 0 Å². The van der Waals surface area contributed by atoms with Crippen LogP contribution in [0.15, 0.2) is 70.8 Å². The Bertz CT molecular complexity index is 2620. The first-order valence-corrected chi connectivity index (χ1v) is 25.8. The van der Waals surface area contributed by atoms with Crippen molar-refractivity contribution >= 4 is 81.9 Å². The Balaban J connectivity index is 1.79. The van der Waals surface area contributed by atoms with Gasteiger partial charge in [0.05, 0.1) is 0 Å². The number of hydrogen-bond donors (Lipinski definition) is 15. The highest BCUT2D eigenvalue weighted by Gasteiger charge is 2.35. The number of amides is 10. The smallest absolute Gasteiger partial charge is 0.243 e. The van der Waals surface area contributed by atoms with Gasteiger partial charge in [-0.1, -0.05) is 48.5 Å². The fourth-order valence-corrected chi connectivity index (χ4v) is 8.49. The lowest BCUT2D eigenvalue weighted by molar-refractivity contribution is -0.136. The normalized spacial score (nSPS) is 20.6. The zero-order chi connectivity index (χ0) is 57.1. The molecule has 2 aromatic carbocycles. The summed E-state index contributed by atoms with van der Waals surface area (Å²) in [7, 11) is 0. The highest BCUT2D eigenvalue weighted by Crippen LogP contribution is 2.20. The van der Waals surface area contributed by atoms with E-state index in [9.17, 15) is 47.9 Å². The van der Waals surface area contributed by atoms with E-state index in [4.69, 9.17) is 28.7 Å². The average molecular weight is 1090 g/mol. The SMILES string of the molecule is CC(=O)NCC[C@@H]1NC(=O)[C@@H](NC(=O)[C@H](CCCN=C(N)N)NC(C)=O)CCC(=O)NCCC[C@@H](C(N)=O)NC(=O)[C@H](Cc2c[nH]c3ccccc23)NC(=O)[C@H](CCCN=C(N)N)NC(=O)[C@@H](CCc2ccccc2)NC1=O. The maximum absolute atomic E-state index is 14.7. The molecule has 20 N–H and O–H groups in total. The number of carbonyl (C=O) groups excluding carboxylic acids is 10. The Morgan fingerprint density at radius 2 is 1.26 bits per heavy atom. The summed E-state index contributed by atoms with van der Waals surface area (Å²) in [6.45, 7) is 2.42. The monoisotopic (exact) mass is 1090 g/mol. The standard InChI is InChI=1S/C51H75N17O10/c1-29(69)57-26-22-40-48(77)65-38(19-18-31-11-4-3-5-12-31)46(75)64-37(17-10-25-60-51(55)56)45(74)68-41(27-32-28-61-34-14-7-6-13-33(32)34)49(78)63-35(43(52)72)15-8-23-58-42(71)21-20-39(47(76)67-40)66-44(73)36(62-30(2)70)16-9-24-59-50(53)54/h3-7,11-14,28,35-41,61H,8-10,15-27H2,1-2H3,(H2,52,72)(H,57,69)(H,58,71)(H,62,70)(H,63,78)(H,64,75)(H,65,77)(H,66,73)(H,67,76)(H,68,74)(H4,53,54,59)(H4,55,56,60)/t35-,36-,37-,38+,39-,40-,41-/m0/s1. The van der Waals surface area contributed by atoms with E-state index in [1.165, 1.54) is 13.8 Å². The molecule has 7 atom stereocenters. The van der Waals surface area contributed by atoms with Gasteiger partial charge < -0.3 is 81.5 Å². The number of rotatable bonds is 20. The molecule has 27 nitrogen and oxygen atoms in total. The summed E-state index contributed by atoms with van der Waals surface area (Å²) < 4.78 is 0. The number of H-pyrrole nitrogens is 1. The minimum atomic E-state index is -1.52. The van der Waals surface area contributed by atoms with Crippen molar-refractivity contribution in [1.29, 1.82) is 0 Å². The van der Waals surface area contributed by atoms with Gasteiger partial charge in [0, 0.05) is 70.0 Å². The van der Waals surface area contributed by atoms with E-state index in [1.807, 2.05) is 30.3 Å². The van der Waals surface area contributed by atoms with Crippen LogP contribution in [0.25, 0.3) is 10.9 Å². The summed E-state index contributed by atoms with van der Waals surface area (Å²) >= 11 is 0. The van der Waals surface area contributed by atoms with Gasteiger partial charge in [0.15, 0.2) is 11.9 Å². The van der Waals surface area contributed by atoms with Crippen LogP contribution in [-0.2, 0) is 60.8 Å². The molecule has 424 valence electrons. The second kappa shape index (κ2) is 32.0. The third kappa shape index (κ3) is 21.8. The highest BCUT2D eigenvalue weighted by molar-refractivity contribution is 5.98. The van der Waals surface area contributed by atoms with Crippen LogP contribution in [0.1, 0.15) is 89.2 Å². The van der Waals surface area contributed by atoms with Crippen LogP contribution in [0.2, 0.25) is 0 Å². The number of fused-ring (bicyclic) bond motifs is 1. The van der Waals surface area contributed by atoms with Gasteiger partial charge in [-0.25, -0.2) is 0 Å². The molecule has 3 aromatic rings. The lowest BCUT2D eigenvalue weighted by Gasteiger charge is -2.28. The number of aryl methyl sites for hydroxylation is 1. The molecule has 0 bridgehead atoms. The van der Waals surface area contributed by atoms with E-state index < -0.39 is 101 Å². The van der Waals surface area contributed by atoms with Crippen molar-refractivity contribution in [3.63, 3.8) is 0 Å². The molecule has 27 heteroatoms. The minimum absolute atomic E-state index is 0.0293. The zero-order valence-electron chi connectivity index (χ0n) is 44.0. The van der Waals surface area contributed by atoms with Gasteiger partial charge in [0.2, 0.25) is 59.1 Å². The number of hydrogen-bond acceptors (Lipinski definition) is 12. The third-order valence-electron chi connectivity index (χ3n) is 12.5. The molecular formula is C51H75N17O10. The molecule has 0 spiro atoms. The van der Waals surface area contributed by atoms with Crippen LogP contribution in [0.3, 0.4) is 0 Å². The fourth-order valence-electron chi connectivity index (χ4n) is 8.49. The summed E-state index contributed by atoms with van der Waals surface area (Å²) in [6, 6.07) is 6.66. The molecule has 0 aliphatic carbocycles. The van der Waals surface area contributed by atoms with Gasteiger partial charge >= 0.3 is 0 Å². The Labute approximate surface area is 451 Å². The molecule has 0 saturated carbocycles. The van der Waals surface area contributed by atoms with Crippen LogP contribution in [0.5, 0.6) is 0 Å². The topological polar surface area (TPSA) is 450 Å². The van der Waals surface area contributed by atoms with Gasteiger partial charge in [-0.05, 0) is 81.4 Å². The van der Waals surface area contributed by atoms with Crippen molar-refractivity contribution in [3.05, 3.63) is 71.9 Å². The van der Waals surface area contributed by atoms with Crippen molar-refractivity contribution in [2.75, 3.05) is 26.2 Å². The van der Waals surface area contributed by atoms with Crippen LogP contribution in [0, 0.1) is 0 Å². The number of guanidine groups is 2. The first kappa shape index (κ1) is 61.8. The van der Waals surface area contributed by atoms with Gasteiger partial charge in [0.1, 0.15) is 42.3 Å². The summed E-state index contributed by atoms with van der Waals surface area (Å²) in [5, 5.41) is 24.7. The van der Waals surface area contributed by atoms with E-state index in [1.54, 1.807) is 30.5 Å². The molecule has 10 amide bonds. The number of carbonyl (C=O) groups is 10. The quantitative estimate of drug-likeness (QED) is 0.0298. The Morgan fingerprint density at radius 3 is 1.90 bits per heavy atom. The number of nitrogens with zero attached hydrogens (tertiary/aromatic N) is 2. The molecule has 2 heterocycles. The Kier molecular flexibility index (Phi) is 25.3. The van der Waals surface area contributed by atoms with Gasteiger partial charge in [-0.3, -0.25) is 57.9 Å². The number of aromatic nitrogens is 1. The van der Waals surface area contributed by atoms with Gasteiger partial charge in [-0.2, -0.15) is 0 Å². The number of aliphatic imine (C=N–C) groups is 2. The molecule has 0 radical (unpaired) electrons. The average Bonchev–Trinajstić information content (AvgIpc) is 3.81. The van der Waals surface area contributed by atoms with E-state index >= 15 is 0 Å². The summed E-state index contributed by atoms with van der Waals surface area (Å²) in [6.07, 6.45) is 1.23. The van der Waals surface area contributed by atoms with Gasteiger partial charge in [0.25, 0.3) is 0 Å². The second-order valence-electron chi connectivity index (χ2n) is 18.8. The van der Waals surface area contributed by atoms with Crippen molar-refractivity contribution in [1.82, 2.24) is 52.8 Å². The van der Waals surface area contributed by atoms with E-state index in [2.05, 4.69) is 62.8 Å². The molecule has 0 unspecified atom stereocenters. The number of nitrogens with one attached hydrogen (secondary N) is 10. The number of primary amides is 1. The minimum Gasteiger partial charge on any atom is -0.370 e. The summed E-state index contributed by atoms with van der Waals surface area (Å²) in [5.74, 6) is -8.01. The highest BCUT2D eigenvalue weighted by atomic mass is 16.2. The zero-order valence-corrected chi connectivity index (χ0v) is 44.0. The van der Waals surface area contributed by atoms with Crippen molar-refractivity contribution in [3.8, 4) is 0 Å². The van der Waals surface area contributed by atoms with E-state index in [-0.39, 0.29) is 115 Å². The number of para-hydroxylation sites is 1.